The van der Waals surface area contributed by atoms with Crippen LogP contribution in [0.4, 0.5) is 4.39 Å². The molecule has 6 nitrogen and oxygen atoms in total. The van der Waals surface area contributed by atoms with Gasteiger partial charge in [-0.1, -0.05) is 12.1 Å². The van der Waals surface area contributed by atoms with Gasteiger partial charge in [-0.05, 0) is 38.5 Å². The van der Waals surface area contributed by atoms with Crippen molar-refractivity contribution in [3.8, 4) is 0 Å². The van der Waals surface area contributed by atoms with Gasteiger partial charge in [-0.15, -0.1) is 35.3 Å². The Morgan fingerprint density at radius 1 is 1.14 bits per heavy atom. The number of nitrogens with zero attached hydrogens (tertiary/aromatic N) is 2. The molecule has 0 radical (unpaired) electrons. The molecule has 160 valence electrons. The van der Waals surface area contributed by atoms with E-state index < -0.39 is 0 Å². The summed E-state index contributed by atoms with van der Waals surface area (Å²) in [5.41, 5.74) is 1.87. The third-order valence-corrected chi connectivity index (χ3v) is 5.16. The van der Waals surface area contributed by atoms with Crippen LogP contribution >= 0.6 is 35.3 Å². The molecule has 0 atom stereocenters. The fraction of sp³-hybridized carbons (Fsp3) is 0.450. The van der Waals surface area contributed by atoms with Crippen LogP contribution in [0.1, 0.15) is 28.1 Å². The molecule has 0 aliphatic rings. The monoisotopic (exact) mass is 533 g/mol. The number of aromatic nitrogens is 1. The molecule has 1 aromatic heterocycles. The number of halogens is 2. The fourth-order valence-electron chi connectivity index (χ4n) is 2.48. The summed E-state index contributed by atoms with van der Waals surface area (Å²) in [5, 5.41) is 10.3. The standard InChI is InChI=1S/C20H28FN5OS.HI/c1-4-22-20(24-10-9-19-26-14(2)15(3)28-19)25-12-11-23-18(27)13-16-5-7-17(21)8-6-16;/h5-8H,4,9-13H2,1-3H3,(H,23,27)(H2,22,24,25);1H. The number of aryl methyl sites for hydroxylation is 2. The highest BCUT2D eigenvalue weighted by molar-refractivity contribution is 14.0. The van der Waals surface area contributed by atoms with Crippen LogP contribution in [0.25, 0.3) is 0 Å². The Morgan fingerprint density at radius 2 is 1.83 bits per heavy atom. The molecule has 0 bridgehead atoms. The number of amides is 1. The van der Waals surface area contributed by atoms with Crippen LogP contribution in [0.5, 0.6) is 0 Å². The quantitative estimate of drug-likeness (QED) is 0.201. The van der Waals surface area contributed by atoms with Crippen LogP contribution < -0.4 is 16.0 Å². The number of benzene rings is 1. The number of rotatable bonds is 9. The molecule has 1 aromatic carbocycles. The molecule has 3 N–H and O–H groups in total. The van der Waals surface area contributed by atoms with Crippen molar-refractivity contribution in [2.75, 3.05) is 26.2 Å². The number of carbonyl (C=O) groups excluding carboxylic acids is 1. The molecule has 2 rings (SSSR count). The minimum Gasteiger partial charge on any atom is -0.357 e. The third-order valence-electron chi connectivity index (χ3n) is 4.03. The van der Waals surface area contributed by atoms with Gasteiger partial charge in [0.2, 0.25) is 5.91 Å². The smallest absolute Gasteiger partial charge is 0.224 e. The van der Waals surface area contributed by atoms with Gasteiger partial charge in [-0.2, -0.15) is 0 Å². The Labute approximate surface area is 192 Å². The molecule has 2 aromatic rings. The average molecular weight is 533 g/mol. The number of hydrogen-bond acceptors (Lipinski definition) is 4. The van der Waals surface area contributed by atoms with Crippen LogP contribution in [0.3, 0.4) is 0 Å². The Hall–Kier alpha value is -1.75. The lowest BCUT2D eigenvalue weighted by Crippen LogP contribution is -2.41. The van der Waals surface area contributed by atoms with Crippen molar-refractivity contribution < 1.29 is 9.18 Å². The molecule has 1 amide bonds. The molecule has 9 heteroatoms. The van der Waals surface area contributed by atoms with Gasteiger partial charge in [-0.25, -0.2) is 9.37 Å². The van der Waals surface area contributed by atoms with E-state index in [1.165, 1.54) is 17.0 Å². The summed E-state index contributed by atoms with van der Waals surface area (Å²) in [5.74, 6) is 0.328. The van der Waals surface area contributed by atoms with E-state index in [9.17, 15) is 9.18 Å². The number of thiazole rings is 1. The Kier molecular flexibility index (Phi) is 11.7. The second-order valence-electron chi connectivity index (χ2n) is 6.34. The number of nitrogens with one attached hydrogen (secondary N) is 3. The van der Waals surface area contributed by atoms with Gasteiger partial charge in [0, 0.05) is 37.5 Å². The van der Waals surface area contributed by atoms with Gasteiger partial charge in [0.25, 0.3) is 0 Å². The van der Waals surface area contributed by atoms with Gasteiger partial charge in [-0.3, -0.25) is 9.79 Å². The summed E-state index contributed by atoms with van der Waals surface area (Å²) in [7, 11) is 0. The highest BCUT2D eigenvalue weighted by Crippen LogP contribution is 2.16. The maximum Gasteiger partial charge on any atom is 0.224 e. The van der Waals surface area contributed by atoms with Crippen molar-refractivity contribution in [3.63, 3.8) is 0 Å². The molecule has 0 saturated carbocycles. The van der Waals surface area contributed by atoms with Crippen molar-refractivity contribution in [2.45, 2.75) is 33.6 Å². The average Bonchev–Trinajstić information content (AvgIpc) is 2.98. The third kappa shape index (κ3) is 9.53. The van der Waals surface area contributed by atoms with Gasteiger partial charge < -0.3 is 16.0 Å². The molecule has 0 aliphatic carbocycles. The minimum atomic E-state index is -0.302. The van der Waals surface area contributed by atoms with Gasteiger partial charge in [0.15, 0.2) is 5.96 Å². The van der Waals surface area contributed by atoms with Crippen LogP contribution in [0.15, 0.2) is 29.3 Å². The van der Waals surface area contributed by atoms with Crippen LogP contribution in [-0.4, -0.2) is 43.0 Å². The SMILES string of the molecule is CCNC(=NCCc1nc(C)c(C)s1)NCCNC(=O)Cc1ccc(F)cc1.I. The molecular weight excluding hydrogens is 504 g/mol. The lowest BCUT2D eigenvalue weighted by atomic mass is 10.1. The maximum atomic E-state index is 12.9. The van der Waals surface area contributed by atoms with Gasteiger partial charge in [0.1, 0.15) is 5.82 Å². The first-order chi connectivity index (χ1) is 13.5. The number of guanidine groups is 1. The van der Waals surface area contributed by atoms with E-state index in [4.69, 9.17) is 0 Å². The van der Waals surface area contributed by atoms with Gasteiger partial charge in [0.05, 0.1) is 17.1 Å². The summed E-state index contributed by atoms with van der Waals surface area (Å²) in [6, 6.07) is 5.96. The van der Waals surface area contributed by atoms with E-state index in [2.05, 4.69) is 32.9 Å². The van der Waals surface area contributed by atoms with Crippen LogP contribution in [-0.2, 0) is 17.6 Å². The topological polar surface area (TPSA) is 78.4 Å². The van der Waals surface area contributed by atoms with Crippen molar-refractivity contribution in [3.05, 3.63) is 51.2 Å². The number of aliphatic imine (C=N–C) groups is 1. The van der Waals surface area contributed by atoms with E-state index in [0.717, 1.165) is 35.2 Å². The second-order valence-corrected chi connectivity index (χ2v) is 7.63. The van der Waals surface area contributed by atoms with Crippen LogP contribution in [0.2, 0.25) is 0 Å². The van der Waals surface area contributed by atoms with E-state index in [0.29, 0.717) is 19.6 Å². The molecule has 0 spiro atoms. The van der Waals surface area contributed by atoms with Gasteiger partial charge >= 0.3 is 0 Å². The van der Waals surface area contributed by atoms with E-state index in [-0.39, 0.29) is 42.1 Å². The summed E-state index contributed by atoms with van der Waals surface area (Å²) >= 11 is 1.72. The Bertz CT molecular complexity index is 775. The zero-order chi connectivity index (χ0) is 20.4. The first-order valence-corrected chi connectivity index (χ1v) is 10.3. The first-order valence-electron chi connectivity index (χ1n) is 9.44. The molecular formula is C20H29FIN5OS. The molecule has 0 saturated heterocycles. The molecule has 0 unspecified atom stereocenters. The van der Waals surface area contributed by atoms with Crippen LogP contribution in [0, 0.1) is 19.7 Å². The maximum absolute atomic E-state index is 12.9. The van der Waals surface area contributed by atoms with Crippen molar-refractivity contribution in [1.82, 2.24) is 20.9 Å². The lowest BCUT2D eigenvalue weighted by molar-refractivity contribution is -0.120. The van der Waals surface area contributed by atoms with Crippen molar-refractivity contribution in [1.29, 1.82) is 0 Å². The summed E-state index contributed by atoms with van der Waals surface area (Å²) in [6.45, 7) is 8.57. The normalized spacial score (nSPS) is 11.0. The first kappa shape index (κ1) is 25.3. The van der Waals surface area contributed by atoms with E-state index >= 15 is 0 Å². The molecule has 0 fully saturated rings. The van der Waals surface area contributed by atoms with E-state index in [1.54, 1.807) is 23.5 Å². The number of hydrogen-bond donors (Lipinski definition) is 3. The number of carbonyl (C=O) groups is 1. The highest BCUT2D eigenvalue weighted by atomic mass is 127. The molecule has 1 heterocycles. The molecule has 29 heavy (non-hydrogen) atoms. The highest BCUT2D eigenvalue weighted by Gasteiger charge is 2.05. The predicted molar refractivity (Wildman–Crippen MR) is 128 cm³/mol. The largest absolute Gasteiger partial charge is 0.357 e. The second kappa shape index (κ2) is 13.5. The summed E-state index contributed by atoms with van der Waals surface area (Å²) < 4.78 is 12.9. The zero-order valence-electron chi connectivity index (χ0n) is 17.0. The predicted octanol–water partition coefficient (Wildman–Crippen LogP) is 2.97. The lowest BCUT2D eigenvalue weighted by Gasteiger charge is -2.11. The van der Waals surface area contributed by atoms with E-state index in [1.807, 2.05) is 13.8 Å². The fourth-order valence-corrected chi connectivity index (χ4v) is 3.41. The van der Waals surface area contributed by atoms with Crippen molar-refractivity contribution in [2.24, 2.45) is 4.99 Å². The summed E-state index contributed by atoms with van der Waals surface area (Å²) in [6.07, 6.45) is 1.05. The zero-order valence-corrected chi connectivity index (χ0v) is 20.2. The Morgan fingerprint density at radius 3 is 2.45 bits per heavy atom. The van der Waals surface area contributed by atoms with Crippen molar-refractivity contribution >= 4 is 47.2 Å². The summed E-state index contributed by atoms with van der Waals surface area (Å²) in [4.78, 5) is 22.3. The Balaban J connectivity index is 0.00000420. The minimum absolute atomic E-state index is 0. The molecule has 0 aliphatic heterocycles.